The Kier molecular flexibility index (Phi) is 4.34. The Balaban J connectivity index is 2.04. The highest BCUT2D eigenvalue weighted by molar-refractivity contribution is 8.22. The predicted octanol–water partition coefficient (Wildman–Crippen LogP) is 8.50. The Morgan fingerprint density at radius 1 is 0.714 bits per heavy atom. The van der Waals surface area contributed by atoms with E-state index in [0.29, 0.717) is 0 Å². The third kappa shape index (κ3) is 2.71. The number of fused-ring (bicyclic) bond motifs is 7. The zero-order valence-electron chi connectivity index (χ0n) is 16.0. The maximum atomic E-state index is 3.94. The molecule has 5 rings (SSSR count). The quantitative estimate of drug-likeness (QED) is 0.316. The second kappa shape index (κ2) is 6.88. The van der Waals surface area contributed by atoms with Crippen molar-refractivity contribution in [1.29, 1.82) is 0 Å². The Morgan fingerprint density at radius 3 is 1.64 bits per heavy atom. The fraction of sp³-hybridized carbons (Fsp3) is 0.0769. The van der Waals surface area contributed by atoms with Crippen LogP contribution in [0, 0.1) is 13.8 Å². The minimum atomic E-state index is 1.27. The first kappa shape index (κ1) is 17.7. The van der Waals surface area contributed by atoms with E-state index in [1.807, 2.05) is 29.6 Å². The van der Waals surface area contributed by atoms with Crippen molar-refractivity contribution in [3.05, 3.63) is 94.8 Å². The Bertz CT molecular complexity index is 1200. The smallest absolute Gasteiger partial charge is 0.0499 e. The lowest BCUT2D eigenvalue weighted by Gasteiger charge is -2.18. The molecule has 0 radical (unpaired) electrons. The molecule has 0 N–H and O–H groups in total. The van der Waals surface area contributed by atoms with Gasteiger partial charge in [-0.25, -0.2) is 0 Å². The molecule has 0 amide bonds. The van der Waals surface area contributed by atoms with E-state index in [1.54, 1.807) is 0 Å². The number of hydrogen-bond acceptors (Lipinski definition) is 2. The maximum absolute atomic E-state index is 3.94. The molecule has 0 unspecified atom stereocenters. The van der Waals surface area contributed by atoms with Crippen LogP contribution < -0.4 is 0 Å². The van der Waals surface area contributed by atoms with Crippen LogP contribution in [0.25, 0.3) is 32.7 Å². The number of benzene rings is 4. The van der Waals surface area contributed by atoms with Gasteiger partial charge in [0.05, 0.1) is 0 Å². The third-order valence-electron chi connectivity index (χ3n) is 5.28. The van der Waals surface area contributed by atoms with E-state index in [1.165, 1.54) is 57.8 Å². The normalized spacial score (nSPS) is 13.1. The zero-order chi connectivity index (χ0) is 19.3. The summed E-state index contributed by atoms with van der Waals surface area (Å²) in [6.07, 6.45) is 4.03. The van der Waals surface area contributed by atoms with Crippen molar-refractivity contribution in [3.8, 4) is 11.1 Å². The van der Waals surface area contributed by atoms with Gasteiger partial charge in [0, 0.05) is 25.2 Å². The van der Waals surface area contributed by atoms with Crippen LogP contribution in [0.1, 0.15) is 11.1 Å². The van der Waals surface area contributed by atoms with Crippen LogP contribution in [-0.2, 0) is 0 Å². The van der Waals surface area contributed by atoms with Gasteiger partial charge in [-0.15, -0.1) is 0 Å². The second-order valence-corrected chi connectivity index (χ2v) is 9.53. The molecule has 0 saturated heterocycles. The Hall–Kier alpha value is -2.42. The molecule has 4 aromatic rings. The molecule has 0 saturated carbocycles. The molecule has 0 aliphatic carbocycles. The fourth-order valence-corrected chi connectivity index (χ4v) is 6.55. The average molecular weight is 397 g/mol. The van der Waals surface area contributed by atoms with Crippen LogP contribution in [0.15, 0.2) is 93.4 Å². The minimum absolute atomic E-state index is 1.27. The largest absolute Gasteiger partial charge is 0.0990 e. The van der Waals surface area contributed by atoms with E-state index in [2.05, 4.69) is 87.2 Å². The minimum Gasteiger partial charge on any atom is -0.0990 e. The highest BCUT2D eigenvalue weighted by atomic mass is 32.2. The topological polar surface area (TPSA) is 0 Å². The number of thioether (sulfide) groups is 2. The summed E-state index contributed by atoms with van der Waals surface area (Å²) in [5.74, 6) is 0. The van der Waals surface area contributed by atoms with E-state index in [9.17, 15) is 0 Å². The van der Waals surface area contributed by atoms with Crippen LogP contribution in [0.4, 0.5) is 0 Å². The van der Waals surface area contributed by atoms with Gasteiger partial charge < -0.3 is 0 Å². The molecule has 0 bridgehead atoms. The summed E-state index contributed by atoms with van der Waals surface area (Å²) >= 11 is 3.74. The van der Waals surface area contributed by atoms with Crippen molar-refractivity contribution >= 4 is 45.1 Å². The maximum Gasteiger partial charge on any atom is 0.0499 e. The average Bonchev–Trinajstić information content (AvgIpc) is 2.87. The summed E-state index contributed by atoms with van der Waals surface area (Å²) in [6, 6.07) is 22.2. The van der Waals surface area contributed by atoms with Gasteiger partial charge >= 0.3 is 0 Å². The van der Waals surface area contributed by atoms with Gasteiger partial charge in [0.1, 0.15) is 0 Å². The predicted molar refractivity (Wildman–Crippen MR) is 126 cm³/mol. The standard InChI is InChI=1S/C26H20S2/c1-4-9-22-27-25-16(2)14-18-10-5-7-12-20(18)23(25)24-21-13-8-6-11-19(21)15-17(3)26(24)28-22/h4-15H,1H2,2-3H3. The second-order valence-electron chi connectivity index (χ2n) is 7.16. The summed E-state index contributed by atoms with van der Waals surface area (Å²) in [5, 5.41) is 5.26. The van der Waals surface area contributed by atoms with E-state index in [-0.39, 0.29) is 0 Å². The van der Waals surface area contributed by atoms with Crippen LogP contribution in [0.3, 0.4) is 0 Å². The Morgan fingerprint density at radius 2 is 1.18 bits per heavy atom. The molecule has 0 atom stereocenters. The van der Waals surface area contributed by atoms with Crippen LogP contribution in [-0.4, -0.2) is 0 Å². The first-order chi connectivity index (χ1) is 13.7. The van der Waals surface area contributed by atoms with Gasteiger partial charge in [0.15, 0.2) is 0 Å². The van der Waals surface area contributed by atoms with Crippen molar-refractivity contribution in [2.75, 3.05) is 0 Å². The highest BCUT2D eigenvalue weighted by Gasteiger charge is 2.25. The molecule has 0 fully saturated rings. The van der Waals surface area contributed by atoms with Crippen molar-refractivity contribution in [2.45, 2.75) is 23.6 Å². The lowest BCUT2D eigenvalue weighted by Crippen LogP contribution is -1.93. The van der Waals surface area contributed by atoms with Crippen LogP contribution >= 0.6 is 23.5 Å². The molecule has 0 nitrogen and oxygen atoms in total. The molecular formula is C26H20S2. The zero-order valence-corrected chi connectivity index (χ0v) is 17.6. The SMILES string of the molecule is C=CC=C1Sc2c(C)cc3ccccc3c2-c2c(c(C)cc3ccccc23)S1. The monoisotopic (exact) mass is 396 g/mol. The van der Waals surface area contributed by atoms with Gasteiger partial charge in [0.25, 0.3) is 0 Å². The molecule has 1 heterocycles. The molecule has 136 valence electrons. The summed E-state index contributed by atoms with van der Waals surface area (Å²) in [7, 11) is 0. The van der Waals surface area contributed by atoms with Gasteiger partial charge in [0.2, 0.25) is 0 Å². The summed E-state index contributed by atoms with van der Waals surface area (Å²) in [4.78, 5) is 2.71. The number of allylic oxidation sites excluding steroid dienone is 2. The summed E-state index contributed by atoms with van der Waals surface area (Å²) in [5.41, 5.74) is 5.39. The number of aryl methyl sites for hydroxylation is 2. The van der Waals surface area contributed by atoms with E-state index >= 15 is 0 Å². The molecule has 28 heavy (non-hydrogen) atoms. The molecular weight excluding hydrogens is 376 g/mol. The molecule has 2 heteroatoms. The van der Waals surface area contributed by atoms with Gasteiger partial charge in [-0.3, -0.25) is 0 Å². The molecule has 0 spiro atoms. The molecule has 0 aromatic heterocycles. The third-order valence-corrected chi connectivity index (χ3v) is 7.92. The van der Waals surface area contributed by atoms with Crippen molar-refractivity contribution in [3.63, 3.8) is 0 Å². The van der Waals surface area contributed by atoms with Crippen LogP contribution in [0.5, 0.6) is 0 Å². The van der Waals surface area contributed by atoms with Crippen molar-refractivity contribution < 1.29 is 0 Å². The van der Waals surface area contributed by atoms with E-state index in [0.717, 1.165) is 0 Å². The highest BCUT2D eigenvalue weighted by Crippen LogP contribution is 2.55. The molecule has 1 aliphatic heterocycles. The van der Waals surface area contributed by atoms with Gasteiger partial charge in [-0.2, -0.15) is 0 Å². The van der Waals surface area contributed by atoms with Crippen molar-refractivity contribution in [1.82, 2.24) is 0 Å². The first-order valence-corrected chi connectivity index (χ1v) is 11.0. The molecule has 1 aliphatic rings. The van der Waals surface area contributed by atoms with Crippen molar-refractivity contribution in [2.24, 2.45) is 0 Å². The molecule has 4 aromatic carbocycles. The summed E-state index contributed by atoms with van der Waals surface area (Å²) < 4.78 is 1.27. The van der Waals surface area contributed by atoms with Gasteiger partial charge in [-0.1, -0.05) is 96.8 Å². The number of rotatable bonds is 1. The van der Waals surface area contributed by atoms with E-state index < -0.39 is 0 Å². The van der Waals surface area contributed by atoms with Crippen LogP contribution in [0.2, 0.25) is 0 Å². The van der Waals surface area contributed by atoms with Gasteiger partial charge in [-0.05, 0) is 52.6 Å². The fourth-order valence-electron chi connectivity index (χ4n) is 4.08. The lowest BCUT2D eigenvalue weighted by atomic mass is 9.91. The lowest BCUT2D eigenvalue weighted by molar-refractivity contribution is 1.29. The number of hydrogen-bond donors (Lipinski definition) is 0. The Labute approximate surface area is 174 Å². The first-order valence-electron chi connectivity index (χ1n) is 9.41. The van der Waals surface area contributed by atoms with E-state index in [4.69, 9.17) is 0 Å². The summed E-state index contributed by atoms with van der Waals surface area (Å²) in [6.45, 7) is 8.41.